The van der Waals surface area contributed by atoms with Crippen LogP contribution in [0.3, 0.4) is 0 Å². The van der Waals surface area contributed by atoms with Crippen molar-refractivity contribution in [2.24, 2.45) is 28.4 Å². The molecule has 0 aliphatic carbocycles. The van der Waals surface area contributed by atoms with Gasteiger partial charge in [-0.3, -0.25) is 47.3 Å². The molecule has 0 saturated carbocycles. The Hall–Kier alpha value is -4.85. The minimum absolute atomic E-state index is 0.0403. The van der Waals surface area contributed by atoms with Gasteiger partial charge in [0.05, 0.1) is 22.7 Å². The number of amides is 4. The number of carbonyl (C=O) groups excluding carboxylic acids is 6. The van der Waals surface area contributed by atoms with Crippen LogP contribution in [0, 0.1) is 22.7 Å². The van der Waals surface area contributed by atoms with E-state index in [1.54, 1.807) is 72.7 Å². The Labute approximate surface area is 359 Å². The lowest BCUT2D eigenvalue weighted by Crippen LogP contribution is -2.56. The fourth-order valence-electron chi connectivity index (χ4n) is 6.95. The number of nitrogens with two attached hydrogens (primary N) is 1. The third-order valence-corrected chi connectivity index (χ3v) is 12.7. The van der Waals surface area contributed by atoms with Gasteiger partial charge in [-0.15, -0.1) is 0 Å². The molecule has 4 atom stereocenters. The minimum atomic E-state index is -4.02. The van der Waals surface area contributed by atoms with Gasteiger partial charge in [0.2, 0.25) is 37.2 Å². The fraction of sp³-hybridized carbons (Fsp3) is 0.556. The van der Waals surface area contributed by atoms with Gasteiger partial charge in [0.25, 0.3) is 0 Å². The zero-order valence-electron chi connectivity index (χ0n) is 37.1. The van der Waals surface area contributed by atoms with Gasteiger partial charge in [-0.25, -0.2) is 0 Å². The molecule has 4 N–H and O–H groups in total. The van der Waals surface area contributed by atoms with E-state index in [1.807, 2.05) is 39.0 Å². The molecule has 2 aromatic rings. The normalized spacial score (nSPS) is 17.9. The quantitative estimate of drug-likeness (QED) is 0.0652. The van der Waals surface area contributed by atoms with Crippen molar-refractivity contribution in [2.75, 3.05) is 18.5 Å². The number of rotatable bonds is 18. The molecule has 334 valence electrons. The van der Waals surface area contributed by atoms with Gasteiger partial charge in [0.15, 0.2) is 0 Å². The highest BCUT2D eigenvalue weighted by Gasteiger charge is 2.44. The predicted molar refractivity (Wildman–Crippen MR) is 230 cm³/mol. The van der Waals surface area contributed by atoms with Crippen LogP contribution in [0.4, 0.5) is 5.69 Å². The summed E-state index contributed by atoms with van der Waals surface area (Å²) < 4.78 is 35.0. The van der Waals surface area contributed by atoms with E-state index in [1.165, 1.54) is 11.0 Å². The number of esters is 2. The van der Waals surface area contributed by atoms with E-state index >= 15 is 0 Å². The summed E-state index contributed by atoms with van der Waals surface area (Å²) in [7, 11) is -4.02. The number of carbonyl (C=O) groups is 6. The molecule has 0 fully saturated rings. The van der Waals surface area contributed by atoms with Crippen molar-refractivity contribution in [1.29, 1.82) is 0 Å². The molecule has 61 heavy (non-hydrogen) atoms. The molecule has 4 amide bonds. The van der Waals surface area contributed by atoms with Crippen LogP contribution >= 0.6 is 7.60 Å². The molecule has 2 aromatic carbocycles. The lowest BCUT2D eigenvalue weighted by atomic mass is 9.87. The summed E-state index contributed by atoms with van der Waals surface area (Å²) in [5.74, 6) is -2.54. The zero-order valence-corrected chi connectivity index (χ0v) is 38.0. The van der Waals surface area contributed by atoms with Crippen molar-refractivity contribution in [1.82, 2.24) is 10.6 Å². The lowest BCUT2D eigenvalue weighted by Gasteiger charge is -2.32. The molecule has 15 nitrogen and oxygen atoms in total. The summed E-state index contributed by atoms with van der Waals surface area (Å²) in [5, 5.41) is 6.01. The molecule has 0 unspecified atom stereocenters. The first-order chi connectivity index (χ1) is 28.4. The first-order valence-electron chi connectivity index (χ1n) is 20.7. The molecule has 0 bridgehead atoms. The first-order valence-corrected chi connectivity index (χ1v) is 22.5. The molecule has 2 heterocycles. The maximum Gasteiger partial charge on any atom is 0.340 e. The number of anilines is 1. The largest absolute Gasteiger partial charge is 0.438 e. The third-order valence-electron chi connectivity index (χ3n) is 11.0. The van der Waals surface area contributed by atoms with E-state index in [0.29, 0.717) is 48.1 Å². The second-order valence-electron chi connectivity index (χ2n) is 18.3. The highest BCUT2D eigenvalue weighted by molar-refractivity contribution is 7.53. The standard InChI is InChI=1S/C45H63N4O11P/c1-27(2)29(4)34(20-21-37(46)50)48-40(52)36-23-33-13-11-12-32-18-19-35(41(53)49(36)39(32)33)47-38(51)22-28(3)31-16-14-30(15-17-31)24-61(56,59-25-57-42(54)44(5,6)7)60-26-58-43(55)45(8,9)10/h11-17,22,27,29,34-36H,18-21,23-26H2,1-10H3,(H2,46,50)(H,47,51)(H,48,52)/b28-22+/t29-,34-,35-,36-/m0/s1. The van der Waals surface area contributed by atoms with Gasteiger partial charge in [-0.1, -0.05) is 63.2 Å². The summed E-state index contributed by atoms with van der Waals surface area (Å²) in [5.41, 5.74) is 8.08. The average molecular weight is 867 g/mol. The van der Waals surface area contributed by atoms with Crippen molar-refractivity contribution < 1.29 is 51.9 Å². The number of allylic oxidation sites excluding steroid dienone is 1. The summed E-state index contributed by atoms with van der Waals surface area (Å²) in [4.78, 5) is 79.6. The number of ether oxygens (including phenoxy) is 2. The van der Waals surface area contributed by atoms with Crippen LogP contribution in [-0.4, -0.2) is 67.3 Å². The van der Waals surface area contributed by atoms with E-state index < -0.39 is 67.8 Å². The molecule has 0 radical (unpaired) electrons. The number of aryl methyl sites for hydroxylation is 1. The second-order valence-corrected chi connectivity index (χ2v) is 20.4. The van der Waals surface area contributed by atoms with Gasteiger partial charge >= 0.3 is 19.5 Å². The van der Waals surface area contributed by atoms with Crippen molar-refractivity contribution in [3.8, 4) is 0 Å². The van der Waals surface area contributed by atoms with Crippen molar-refractivity contribution in [3.63, 3.8) is 0 Å². The van der Waals surface area contributed by atoms with E-state index in [-0.39, 0.29) is 42.3 Å². The Morgan fingerprint density at radius 1 is 0.902 bits per heavy atom. The number of hydrogen-bond donors (Lipinski definition) is 3. The van der Waals surface area contributed by atoms with Crippen molar-refractivity contribution >= 4 is 54.4 Å². The van der Waals surface area contributed by atoms with E-state index in [0.717, 1.165) is 11.1 Å². The SMILES string of the molecule is C/C(=C\C(=O)N[C@H]1CCc2cccc3c2N(C1=O)[C@H](C(=O)N[C@@H](CCC(N)=O)[C@@H](C)C(C)C)C3)c1ccc(CP(=O)(OCOC(=O)C(C)(C)C)OCOC(=O)C(C)(C)C)cc1. The van der Waals surface area contributed by atoms with Crippen LogP contribution in [0.15, 0.2) is 48.5 Å². The van der Waals surface area contributed by atoms with E-state index in [4.69, 9.17) is 24.3 Å². The van der Waals surface area contributed by atoms with Gasteiger partial charge in [-0.05, 0) is 107 Å². The molecule has 16 heteroatoms. The van der Waals surface area contributed by atoms with Gasteiger partial charge in [0, 0.05) is 25.0 Å². The number of para-hydroxylation sites is 1. The molecule has 0 spiro atoms. The van der Waals surface area contributed by atoms with Crippen LogP contribution in [-0.2, 0) is 70.9 Å². The summed E-state index contributed by atoms with van der Waals surface area (Å²) >= 11 is 0. The Bertz CT molecular complexity index is 2000. The second kappa shape index (κ2) is 20.3. The number of nitrogens with one attached hydrogen (secondary N) is 2. The Morgan fingerprint density at radius 3 is 2.02 bits per heavy atom. The van der Waals surface area contributed by atoms with Gasteiger partial charge in [0.1, 0.15) is 12.1 Å². The molecular formula is C45H63N4O11P. The van der Waals surface area contributed by atoms with E-state index in [9.17, 15) is 33.3 Å². The molecular weight excluding hydrogens is 803 g/mol. The Balaban J connectivity index is 1.47. The predicted octanol–water partition coefficient (Wildman–Crippen LogP) is 6.34. The minimum Gasteiger partial charge on any atom is -0.438 e. The summed E-state index contributed by atoms with van der Waals surface area (Å²) in [6, 6.07) is 10.5. The molecule has 0 aromatic heterocycles. The van der Waals surface area contributed by atoms with E-state index in [2.05, 4.69) is 10.6 Å². The van der Waals surface area contributed by atoms with Crippen molar-refractivity contribution in [3.05, 3.63) is 70.8 Å². The Morgan fingerprint density at radius 2 is 1.48 bits per heavy atom. The Kier molecular flexibility index (Phi) is 16.3. The molecule has 0 saturated heterocycles. The average Bonchev–Trinajstić information content (AvgIpc) is 3.51. The highest BCUT2D eigenvalue weighted by Crippen LogP contribution is 2.51. The van der Waals surface area contributed by atoms with Crippen LogP contribution < -0.4 is 21.3 Å². The molecule has 4 rings (SSSR count). The van der Waals surface area contributed by atoms with Crippen LogP contribution in [0.25, 0.3) is 5.57 Å². The summed E-state index contributed by atoms with van der Waals surface area (Å²) in [6.07, 6.45) is 2.79. The number of benzene rings is 2. The molecule has 2 aliphatic rings. The van der Waals surface area contributed by atoms with Crippen LogP contribution in [0.1, 0.15) is 111 Å². The number of hydrogen-bond acceptors (Lipinski definition) is 11. The highest BCUT2D eigenvalue weighted by atomic mass is 31.2. The topological polar surface area (TPSA) is 210 Å². The van der Waals surface area contributed by atoms with Gasteiger partial charge < -0.3 is 25.8 Å². The smallest absolute Gasteiger partial charge is 0.340 e. The molecule has 2 aliphatic heterocycles. The fourth-order valence-corrected chi connectivity index (χ4v) is 8.30. The lowest BCUT2D eigenvalue weighted by molar-refractivity contribution is -0.162. The monoisotopic (exact) mass is 866 g/mol. The van der Waals surface area contributed by atoms with Crippen LogP contribution in [0.5, 0.6) is 0 Å². The van der Waals surface area contributed by atoms with Crippen LogP contribution in [0.2, 0.25) is 0 Å². The summed E-state index contributed by atoms with van der Waals surface area (Å²) in [6.45, 7) is 16.5. The number of nitrogens with zero attached hydrogens (tertiary/aromatic N) is 1. The zero-order chi connectivity index (χ0) is 45.4. The third kappa shape index (κ3) is 13.3. The maximum atomic E-state index is 14.3. The number of primary amides is 1. The van der Waals surface area contributed by atoms with Crippen molar-refractivity contribution in [2.45, 2.75) is 126 Å². The maximum absolute atomic E-state index is 14.3. The first kappa shape index (κ1) is 48.8. The van der Waals surface area contributed by atoms with Gasteiger partial charge in [-0.2, -0.15) is 0 Å².